The van der Waals surface area contributed by atoms with Crippen LogP contribution in [0.2, 0.25) is 0 Å². The lowest BCUT2D eigenvalue weighted by Crippen LogP contribution is -2.18. The minimum absolute atomic E-state index is 0.0550. The average molecular weight is 372 g/mol. The molecule has 2 heterocycles. The molecule has 138 valence electrons. The maximum absolute atomic E-state index is 13.1. The molecule has 4 aromatic rings. The molecule has 0 N–H and O–H groups in total. The average Bonchev–Trinajstić information content (AvgIpc) is 3.28. The van der Waals surface area contributed by atoms with Gasteiger partial charge in [0.25, 0.3) is 0 Å². The summed E-state index contributed by atoms with van der Waals surface area (Å²) in [6.07, 6.45) is 2.63. The molecule has 0 aliphatic rings. The summed E-state index contributed by atoms with van der Waals surface area (Å²) < 4.78 is 16.7. The van der Waals surface area contributed by atoms with Gasteiger partial charge in [0, 0.05) is 5.56 Å². The van der Waals surface area contributed by atoms with Gasteiger partial charge >= 0.3 is 0 Å². The number of hydrogen-bond acceptors (Lipinski definition) is 5. The molecule has 0 fully saturated rings. The van der Waals surface area contributed by atoms with Gasteiger partial charge in [-0.05, 0) is 17.7 Å². The fourth-order valence-corrected chi connectivity index (χ4v) is 2.79. The molecule has 28 heavy (non-hydrogen) atoms. The molecule has 0 atom stereocenters. The molecule has 2 aromatic heterocycles. The molecule has 0 saturated carbocycles. The summed E-state index contributed by atoms with van der Waals surface area (Å²) in [4.78, 5) is 25.8. The van der Waals surface area contributed by atoms with Crippen molar-refractivity contribution in [1.82, 2.24) is 0 Å². The topological polar surface area (TPSA) is 69.7 Å². The van der Waals surface area contributed by atoms with E-state index in [0.717, 1.165) is 11.8 Å². The molecule has 0 aliphatic heterocycles. The van der Waals surface area contributed by atoms with Gasteiger partial charge in [0.2, 0.25) is 16.9 Å². The Morgan fingerprint density at radius 2 is 1.57 bits per heavy atom. The molecule has 0 bridgehead atoms. The Balaban J connectivity index is 1.76. The molecule has 0 aliphatic carbocycles. The molecule has 0 amide bonds. The van der Waals surface area contributed by atoms with E-state index in [9.17, 15) is 9.59 Å². The van der Waals surface area contributed by atoms with Crippen LogP contribution in [0.4, 0.5) is 0 Å². The number of furan rings is 1. The third kappa shape index (κ3) is 3.50. The van der Waals surface area contributed by atoms with Crippen LogP contribution >= 0.6 is 0 Å². The zero-order valence-electron chi connectivity index (χ0n) is 14.8. The van der Waals surface area contributed by atoms with Crippen LogP contribution in [0.15, 0.2) is 99.0 Å². The second-order valence-electron chi connectivity index (χ2n) is 6.08. The predicted molar refractivity (Wildman–Crippen MR) is 103 cm³/mol. The van der Waals surface area contributed by atoms with Gasteiger partial charge in [0.1, 0.15) is 18.4 Å². The van der Waals surface area contributed by atoms with E-state index >= 15 is 0 Å². The number of carbonyl (C=O) groups excluding carboxylic acids is 1. The monoisotopic (exact) mass is 372 g/mol. The Bertz CT molecular complexity index is 1130. The van der Waals surface area contributed by atoms with Gasteiger partial charge in [-0.15, -0.1) is 0 Å². The minimum atomic E-state index is -0.539. The van der Waals surface area contributed by atoms with Crippen molar-refractivity contribution < 1.29 is 18.4 Å². The summed E-state index contributed by atoms with van der Waals surface area (Å²) in [5.74, 6) is 0.0138. The Morgan fingerprint density at radius 3 is 2.25 bits per heavy atom. The molecule has 0 saturated heterocycles. The summed E-state index contributed by atoms with van der Waals surface area (Å²) in [5.41, 5.74) is 0.647. The van der Waals surface area contributed by atoms with Gasteiger partial charge in [-0.1, -0.05) is 60.7 Å². The van der Waals surface area contributed by atoms with Gasteiger partial charge in [0.05, 0.1) is 6.26 Å². The van der Waals surface area contributed by atoms with Gasteiger partial charge in [0.15, 0.2) is 11.5 Å². The minimum Gasteiger partial charge on any atom is -0.481 e. The molecular formula is C23H16O5. The smallest absolute Gasteiger partial charge is 0.238 e. The van der Waals surface area contributed by atoms with E-state index in [0.29, 0.717) is 11.3 Å². The first kappa shape index (κ1) is 17.5. The zero-order valence-corrected chi connectivity index (χ0v) is 14.8. The van der Waals surface area contributed by atoms with E-state index in [1.807, 2.05) is 30.3 Å². The van der Waals surface area contributed by atoms with Crippen molar-refractivity contribution in [3.05, 3.63) is 112 Å². The fraction of sp³-hybridized carbons (Fsp3) is 0.0435. The van der Waals surface area contributed by atoms with E-state index in [1.165, 1.54) is 6.26 Å². The molecule has 0 radical (unpaired) electrons. The van der Waals surface area contributed by atoms with Crippen molar-refractivity contribution in [3.63, 3.8) is 0 Å². The number of ketones is 1. The molecule has 2 aromatic carbocycles. The van der Waals surface area contributed by atoms with Crippen LogP contribution in [0, 0.1) is 0 Å². The highest BCUT2D eigenvalue weighted by Crippen LogP contribution is 2.29. The standard InChI is InChI=1S/C23H16O5/c24-20(17-10-5-2-6-11-17)18-15-28-22(19-12-7-13-26-19)23(21(18)25)27-14-16-8-3-1-4-9-16/h1-13,15H,14H2. The van der Waals surface area contributed by atoms with E-state index in [2.05, 4.69) is 0 Å². The number of rotatable bonds is 6. The van der Waals surface area contributed by atoms with Gasteiger partial charge in [-0.25, -0.2) is 0 Å². The van der Waals surface area contributed by atoms with Crippen molar-refractivity contribution in [1.29, 1.82) is 0 Å². The maximum Gasteiger partial charge on any atom is 0.238 e. The van der Waals surface area contributed by atoms with Crippen LogP contribution in [-0.2, 0) is 6.61 Å². The Labute approximate surface area is 160 Å². The van der Waals surface area contributed by atoms with Crippen molar-refractivity contribution in [2.24, 2.45) is 0 Å². The van der Waals surface area contributed by atoms with Crippen LogP contribution in [0.25, 0.3) is 11.5 Å². The van der Waals surface area contributed by atoms with Gasteiger partial charge in [-0.2, -0.15) is 0 Å². The quantitative estimate of drug-likeness (QED) is 0.459. The maximum atomic E-state index is 13.1. The number of benzene rings is 2. The molecule has 0 unspecified atom stereocenters. The van der Waals surface area contributed by atoms with E-state index < -0.39 is 11.2 Å². The highest BCUT2D eigenvalue weighted by Gasteiger charge is 2.23. The lowest BCUT2D eigenvalue weighted by Gasteiger charge is -2.10. The lowest BCUT2D eigenvalue weighted by molar-refractivity contribution is 0.103. The summed E-state index contributed by atoms with van der Waals surface area (Å²) in [7, 11) is 0. The first-order valence-corrected chi connectivity index (χ1v) is 8.70. The highest BCUT2D eigenvalue weighted by molar-refractivity contribution is 6.08. The molecule has 4 rings (SSSR count). The molecule has 5 nitrogen and oxygen atoms in total. The van der Waals surface area contributed by atoms with Crippen molar-refractivity contribution in [3.8, 4) is 17.3 Å². The summed E-state index contributed by atoms with van der Waals surface area (Å²) in [5, 5.41) is 0. The first-order valence-electron chi connectivity index (χ1n) is 8.70. The lowest BCUT2D eigenvalue weighted by atomic mass is 10.0. The Morgan fingerprint density at radius 1 is 0.857 bits per heavy atom. The van der Waals surface area contributed by atoms with E-state index in [4.69, 9.17) is 13.6 Å². The van der Waals surface area contributed by atoms with Crippen LogP contribution in [-0.4, -0.2) is 5.78 Å². The molecular weight excluding hydrogens is 356 g/mol. The molecule has 0 spiro atoms. The first-order chi connectivity index (χ1) is 13.7. The SMILES string of the molecule is O=C(c1ccccc1)c1coc(-c2ccco2)c(OCc2ccccc2)c1=O. The normalized spacial score (nSPS) is 10.6. The summed E-state index contributed by atoms with van der Waals surface area (Å²) >= 11 is 0. The highest BCUT2D eigenvalue weighted by atomic mass is 16.5. The second kappa shape index (κ2) is 7.80. The van der Waals surface area contributed by atoms with Crippen molar-refractivity contribution >= 4 is 5.78 Å². The van der Waals surface area contributed by atoms with Crippen molar-refractivity contribution in [2.45, 2.75) is 6.61 Å². The van der Waals surface area contributed by atoms with Crippen LogP contribution in [0.3, 0.4) is 0 Å². The number of ether oxygens (including phenoxy) is 1. The van der Waals surface area contributed by atoms with Crippen LogP contribution < -0.4 is 10.2 Å². The Hall–Kier alpha value is -3.86. The zero-order chi connectivity index (χ0) is 19.3. The fourth-order valence-electron chi connectivity index (χ4n) is 2.79. The number of carbonyl (C=O) groups is 1. The largest absolute Gasteiger partial charge is 0.481 e. The van der Waals surface area contributed by atoms with E-state index in [-0.39, 0.29) is 23.7 Å². The van der Waals surface area contributed by atoms with E-state index in [1.54, 1.807) is 42.5 Å². The molecule has 5 heteroatoms. The summed E-state index contributed by atoms with van der Waals surface area (Å²) in [6, 6.07) is 21.3. The second-order valence-corrected chi connectivity index (χ2v) is 6.08. The van der Waals surface area contributed by atoms with Crippen LogP contribution in [0.1, 0.15) is 21.5 Å². The number of hydrogen-bond donors (Lipinski definition) is 0. The van der Waals surface area contributed by atoms with Crippen molar-refractivity contribution in [2.75, 3.05) is 0 Å². The third-order valence-electron chi connectivity index (χ3n) is 4.20. The summed E-state index contributed by atoms with van der Waals surface area (Å²) in [6.45, 7) is 0.155. The van der Waals surface area contributed by atoms with Gasteiger partial charge < -0.3 is 13.6 Å². The van der Waals surface area contributed by atoms with Crippen LogP contribution in [0.5, 0.6) is 5.75 Å². The Kier molecular flexibility index (Phi) is 4.89. The predicted octanol–water partition coefficient (Wildman–Crippen LogP) is 4.71. The third-order valence-corrected chi connectivity index (χ3v) is 4.20. The van der Waals surface area contributed by atoms with Gasteiger partial charge in [-0.3, -0.25) is 9.59 Å².